The van der Waals surface area contributed by atoms with Gasteiger partial charge >= 0.3 is 0 Å². The summed E-state index contributed by atoms with van der Waals surface area (Å²) < 4.78 is 0. The largest absolute Gasteiger partial charge is 0.305 e. The van der Waals surface area contributed by atoms with Crippen molar-refractivity contribution >= 4 is 0 Å². The first-order valence-corrected chi connectivity index (χ1v) is 5.19. The van der Waals surface area contributed by atoms with E-state index in [-0.39, 0.29) is 0 Å². The molecule has 1 nitrogen and oxygen atoms in total. The second kappa shape index (κ2) is 4.61. The zero-order valence-electron chi connectivity index (χ0n) is 9.80. The molecule has 0 aromatic rings. The topological polar surface area (TPSA) is 3.24 Å². The van der Waals surface area contributed by atoms with Crippen molar-refractivity contribution in [2.24, 2.45) is 5.92 Å². The molecule has 78 valence electrons. The van der Waals surface area contributed by atoms with Crippen LogP contribution in [-0.2, 0) is 0 Å². The number of hydrogen-bond acceptors (Lipinski definition) is 1. The van der Waals surface area contributed by atoms with Gasteiger partial charge in [0.15, 0.2) is 0 Å². The van der Waals surface area contributed by atoms with Crippen molar-refractivity contribution in [3.05, 3.63) is 35.5 Å². The van der Waals surface area contributed by atoms with Gasteiger partial charge in [0.05, 0.1) is 0 Å². The van der Waals surface area contributed by atoms with Crippen LogP contribution in [0.3, 0.4) is 0 Å². The van der Waals surface area contributed by atoms with Crippen LogP contribution in [0, 0.1) is 5.92 Å². The van der Waals surface area contributed by atoms with Gasteiger partial charge in [0.1, 0.15) is 0 Å². The van der Waals surface area contributed by atoms with E-state index in [1.165, 1.54) is 24.2 Å². The predicted molar refractivity (Wildman–Crippen MR) is 63.3 cm³/mol. The van der Waals surface area contributed by atoms with Gasteiger partial charge in [0, 0.05) is 19.0 Å². The average molecular weight is 191 g/mol. The molecule has 0 bridgehead atoms. The van der Waals surface area contributed by atoms with Gasteiger partial charge in [-0.25, -0.2) is 0 Å². The maximum atomic E-state index is 3.94. The molecule has 0 aromatic heterocycles. The van der Waals surface area contributed by atoms with Crippen LogP contribution in [0.2, 0.25) is 0 Å². The molecule has 1 heteroatoms. The highest BCUT2D eigenvalue weighted by Crippen LogP contribution is 2.24. The third kappa shape index (κ3) is 3.15. The first kappa shape index (κ1) is 11.3. The van der Waals surface area contributed by atoms with Gasteiger partial charge in [0.2, 0.25) is 0 Å². The molecule has 1 rings (SSSR count). The molecule has 14 heavy (non-hydrogen) atoms. The lowest BCUT2D eigenvalue weighted by Crippen LogP contribution is -2.44. The second-order valence-corrected chi connectivity index (χ2v) is 4.63. The lowest BCUT2D eigenvalue weighted by molar-refractivity contribution is 0.164. The summed E-state index contributed by atoms with van der Waals surface area (Å²) in [6.45, 7) is 12.7. The van der Waals surface area contributed by atoms with E-state index in [0.717, 1.165) is 5.57 Å². The Labute approximate surface area is 87.8 Å². The van der Waals surface area contributed by atoms with Crippen molar-refractivity contribution < 1.29 is 0 Å². The molecular formula is C13H21N. The van der Waals surface area contributed by atoms with Gasteiger partial charge in [-0.05, 0) is 33.4 Å². The Balaban J connectivity index is 2.73. The number of rotatable bonds is 3. The molecule has 1 heterocycles. The number of nitrogens with zero attached hydrogens (tertiary/aromatic N) is 1. The molecule has 0 aromatic carbocycles. The van der Waals surface area contributed by atoms with Gasteiger partial charge in [-0.2, -0.15) is 0 Å². The zero-order chi connectivity index (χ0) is 10.7. The number of hydrogen-bond donors (Lipinski definition) is 0. The van der Waals surface area contributed by atoms with Crippen molar-refractivity contribution in [3.8, 4) is 0 Å². The molecule has 0 N–H and O–H groups in total. The SMILES string of the molecule is C=C(C)/C=C(\C=C(C)C)C1CN(C)C1. The summed E-state index contributed by atoms with van der Waals surface area (Å²) in [4.78, 5) is 2.34. The molecule has 0 unspecified atom stereocenters. The summed E-state index contributed by atoms with van der Waals surface area (Å²) in [5.74, 6) is 0.714. The Bertz CT molecular complexity index is 274. The third-order valence-corrected chi connectivity index (χ3v) is 2.40. The smallest absolute Gasteiger partial charge is 0.00934 e. The molecular weight excluding hydrogens is 170 g/mol. The number of allylic oxidation sites excluding steroid dienone is 4. The lowest BCUT2D eigenvalue weighted by atomic mass is 9.89. The quantitative estimate of drug-likeness (QED) is 0.620. The summed E-state index contributed by atoms with van der Waals surface area (Å²) in [5, 5.41) is 0. The molecule has 0 atom stereocenters. The fourth-order valence-corrected chi connectivity index (χ4v) is 1.81. The molecule has 1 aliphatic heterocycles. The normalized spacial score (nSPS) is 19.0. The van der Waals surface area contributed by atoms with Gasteiger partial charge in [-0.1, -0.05) is 29.9 Å². The van der Waals surface area contributed by atoms with E-state index in [2.05, 4.69) is 51.4 Å². The van der Waals surface area contributed by atoms with Crippen LogP contribution < -0.4 is 0 Å². The highest BCUT2D eigenvalue weighted by atomic mass is 15.2. The summed E-state index contributed by atoms with van der Waals surface area (Å²) >= 11 is 0. The fraction of sp³-hybridized carbons (Fsp3) is 0.538. The summed E-state index contributed by atoms with van der Waals surface area (Å²) in [6, 6.07) is 0. The van der Waals surface area contributed by atoms with Crippen molar-refractivity contribution in [1.29, 1.82) is 0 Å². The van der Waals surface area contributed by atoms with Gasteiger partial charge < -0.3 is 4.90 Å². The van der Waals surface area contributed by atoms with E-state index in [1.807, 2.05) is 0 Å². The lowest BCUT2D eigenvalue weighted by Gasteiger charge is -2.37. The van der Waals surface area contributed by atoms with Crippen LogP contribution in [0.25, 0.3) is 0 Å². The van der Waals surface area contributed by atoms with Crippen molar-refractivity contribution in [1.82, 2.24) is 4.90 Å². The molecule has 1 fully saturated rings. The minimum Gasteiger partial charge on any atom is -0.305 e. The van der Waals surface area contributed by atoms with Crippen LogP contribution in [-0.4, -0.2) is 25.0 Å². The van der Waals surface area contributed by atoms with E-state index in [9.17, 15) is 0 Å². The van der Waals surface area contributed by atoms with E-state index in [0.29, 0.717) is 5.92 Å². The maximum absolute atomic E-state index is 3.94. The van der Waals surface area contributed by atoms with Gasteiger partial charge in [-0.3, -0.25) is 0 Å². The summed E-state index contributed by atoms with van der Waals surface area (Å²) in [7, 11) is 2.16. The fourth-order valence-electron chi connectivity index (χ4n) is 1.81. The van der Waals surface area contributed by atoms with Crippen molar-refractivity contribution in [3.63, 3.8) is 0 Å². The van der Waals surface area contributed by atoms with Crippen LogP contribution in [0.1, 0.15) is 20.8 Å². The van der Waals surface area contributed by atoms with Gasteiger partial charge in [0.25, 0.3) is 0 Å². The maximum Gasteiger partial charge on any atom is 0.00934 e. The Morgan fingerprint density at radius 3 is 2.14 bits per heavy atom. The molecule has 0 aliphatic carbocycles. The Hall–Kier alpha value is -0.820. The van der Waals surface area contributed by atoms with Crippen molar-refractivity contribution in [2.75, 3.05) is 20.1 Å². The van der Waals surface area contributed by atoms with Crippen LogP contribution in [0.5, 0.6) is 0 Å². The second-order valence-electron chi connectivity index (χ2n) is 4.63. The zero-order valence-corrected chi connectivity index (χ0v) is 9.80. The molecule has 0 radical (unpaired) electrons. The molecule has 0 amide bonds. The van der Waals surface area contributed by atoms with Crippen LogP contribution in [0.4, 0.5) is 0 Å². The third-order valence-electron chi connectivity index (χ3n) is 2.40. The highest BCUT2D eigenvalue weighted by Gasteiger charge is 2.25. The Morgan fingerprint density at radius 2 is 1.79 bits per heavy atom. The van der Waals surface area contributed by atoms with E-state index in [1.54, 1.807) is 0 Å². The first-order chi connectivity index (χ1) is 6.49. The molecule has 0 saturated carbocycles. The van der Waals surface area contributed by atoms with E-state index in [4.69, 9.17) is 0 Å². The standard InChI is InChI=1S/C13H21N/c1-10(2)6-12(7-11(3)4)13-8-14(5)9-13/h6-7,13H,1,8-9H2,2-5H3/b12-6+. The number of likely N-dealkylation sites (tertiary alicyclic amines) is 1. The van der Waals surface area contributed by atoms with Crippen molar-refractivity contribution in [2.45, 2.75) is 20.8 Å². The predicted octanol–water partition coefficient (Wildman–Crippen LogP) is 3.02. The highest BCUT2D eigenvalue weighted by molar-refractivity contribution is 5.33. The molecule has 0 spiro atoms. The van der Waals surface area contributed by atoms with Crippen LogP contribution >= 0.6 is 0 Å². The first-order valence-electron chi connectivity index (χ1n) is 5.19. The van der Waals surface area contributed by atoms with E-state index >= 15 is 0 Å². The average Bonchev–Trinajstić information content (AvgIpc) is 1.95. The minimum atomic E-state index is 0.714. The molecule has 1 aliphatic rings. The van der Waals surface area contributed by atoms with E-state index < -0.39 is 0 Å². The van der Waals surface area contributed by atoms with Crippen LogP contribution in [0.15, 0.2) is 35.5 Å². The minimum absolute atomic E-state index is 0.714. The Kier molecular flexibility index (Phi) is 3.70. The Morgan fingerprint density at radius 1 is 1.21 bits per heavy atom. The summed E-state index contributed by atoms with van der Waals surface area (Å²) in [5.41, 5.74) is 3.95. The summed E-state index contributed by atoms with van der Waals surface area (Å²) in [6.07, 6.45) is 4.50. The molecule has 1 saturated heterocycles. The monoisotopic (exact) mass is 191 g/mol. The van der Waals surface area contributed by atoms with Gasteiger partial charge in [-0.15, -0.1) is 0 Å².